The van der Waals surface area contributed by atoms with Crippen molar-refractivity contribution in [1.82, 2.24) is 0 Å². The van der Waals surface area contributed by atoms with Crippen molar-refractivity contribution < 1.29 is 18.4 Å². The topological polar surface area (TPSA) is 55.6 Å². The molecule has 0 fully saturated rings. The van der Waals surface area contributed by atoms with Crippen molar-refractivity contribution in [3.05, 3.63) is 33.9 Å². The Balaban J connectivity index is 3.35. The summed E-state index contributed by atoms with van der Waals surface area (Å²) in [5, 5.41) is 10.9. The van der Waals surface area contributed by atoms with Gasteiger partial charge < -0.3 is 9.64 Å². The molecule has 1 rings (SSSR count). The SMILES string of the molecule is CCN(c1c([N+](=O)[O-])ccc(F)c1F)C(C)COC. The van der Waals surface area contributed by atoms with Crippen LogP contribution >= 0.6 is 0 Å². The molecule has 0 aliphatic carbocycles. The maximum absolute atomic E-state index is 13.9. The second-order valence-corrected chi connectivity index (χ2v) is 4.08. The summed E-state index contributed by atoms with van der Waals surface area (Å²) < 4.78 is 32.2. The minimum absolute atomic E-state index is 0.251. The first-order chi connectivity index (χ1) is 8.93. The highest BCUT2D eigenvalue weighted by atomic mass is 19.2. The van der Waals surface area contributed by atoms with Gasteiger partial charge >= 0.3 is 0 Å². The van der Waals surface area contributed by atoms with E-state index < -0.39 is 22.2 Å². The highest BCUT2D eigenvalue weighted by molar-refractivity contribution is 5.64. The first-order valence-corrected chi connectivity index (χ1v) is 5.82. The van der Waals surface area contributed by atoms with Crippen LogP contribution in [0.15, 0.2) is 12.1 Å². The number of anilines is 1. The standard InChI is InChI=1S/C12H16F2N2O3/c1-4-15(8(2)7-19-3)12-10(16(17)18)6-5-9(13)11(12)14/h5-6,8H,4,7H2,1-3H3. The van der Waals surface area contributed by atoms with E-state index in [1.807, 2.05) is 0 Å². The Morgan fingerprint density at radius 3 is 2.58 bits per heavy atom. The molecule has 0 amide bonds. The van der Waals surface area contributed by atoms with Crippen LogP contribution in [-0.2, 0) is 4.74 Å². The third-order valence-electron chi connectivity index (χ3n) is 2.81. The van der Waals surface area contributed by atoms with Crippen molar-refractivity contribution in [3.63, 3.8) is 0 Å². The van der Waals surface area contributed by atoms with Crippen LogP contribution in [0.1, 0.15) is 13.8 Å². The molecule has 0 N–H and O–H groups in total. The third kappa shape index (κ3) is 3.17. The second kappa shape index (κ2) is 6.42. The Labute approximate surface area is 109 Å². The zero-order valence-corrected chi connectivity index (χ0v) is 11.0. The smallest absolute Gasteiger partial charge is 0.295 e. The van der Waals surface area contributed by atoms with Gasteiger partial charge in [0.15, 0.2) is 17.3 Å². The van der Waals surface area contributed by atoms with Crippen LogP contribution in [0.25, 0.3) is 0 Å². The Kier molecular flexibility index (Phi) is 5.17. The summed E-state index contributed by atoms with van der Waals surface area (Å²) in [5.74, 6) is -2.32. The van der Waals surface area contributed by atoms with Crippen molar-refractivity contribution in [2.45, 2.75) is 19.9 Å². The lowest BCUT2D eigenvalue weighted by atomic mass is 10.2. The van der Waals surface area contributed by atoms with Crippen LogP contribution in [0.3, 0.4) is 0 Å². The molecule has 0 aromatic heterocycles. The molecule has 0 spiro atoms. The van der Waals surface area contributed by atoms with Gasteiger partial charge in [-0.25, -0.2) is 8.78 Å². The maximum Gasteiger partial charge on any atom is 0.295 e. The van der Waals surface area contributed by atoms with Crippen molar-refractivity contribution in [3.8, 4) is 0 Å². The van der Waals surface area contributed by atoms with E-state index in [0.29, 0.717) is 6.54 Å². The first kappa shape index (κ1) is 15.3. The summed E-state index contributed by atoms with van der Waals surface area (Å²) >= 11 is 0. The highest BCUT2D eigenvalue weighted by Crippen LogP contribution is 2.33. The number of rotatable bonds is 6. The predicted molar refractivity (Wildman–Crippen MR) is 67.4 cm³/mol. The molecule has 7 heteroatoms. The van der Waals surface area contributed by atoms with Crippen LogP contribution in [0.5, 0.6) is 0 Å². The molecule has 0 saturated heterocycles. The van der Waals surface area contributed by atoms with E-state index in [4.69, 9.17) is 4.74 Å². The fraction of sp³-hybridized carbons (Fsp3) is 0.500. The number of nitrogens with zero attached hydrogens (tertiary/aromatic N) is 2. The van der Waals surface area contributed by atoms with Gasteiger partial charge in [0.2, 0.25) is 0 Å². The maximum atomic E-state index is 13.9. The zero-order valence-electron chi connectivity index (χ0n) is 11.0. The molecule has 1 aromatic carbocycles. The molecule has 0 radical (unpaired) electrons. The second-order valence-electron chi connectivity index (χ2n) is 4.08. The van der Waals surface area contributed by atoms with Gasteiger partial charge in [0.1, 0.15) is 0 Å². The largest absolute Gasteiger partial charge is 0.383 e. The van der Waals surface area contributed by atoms with E-state index in [-0.39, 0.29) is 18.3 Å². The monoisotopic (exact) mass is 274 g/mol. The molecule has 1 unspecified atom stereocenters. The molecular formula is C12H16F2N2O3. The van der Waals surface area contributed by atoms with Crippen molar-refractivity contribution in [2.75, 3.05) is 25.2 Å². The highest BCUT2D eigenvalue weighted by Gasteiger charge is 2.28. The fourth-order valence-corrected chi connectivity index (χ4v) is 1.97. The quantitative estimate of drug-likeness (QED) is 0.591. The summed E-state index contributed by atoms with van der Waals surface area (Å²) in [6.45, 7) is 3.98. The minimum atomic E-state index is -1.21. The van der Waals surface area contributed by atoms with Gasteiger partial charge in [-0.2, -0.15) is 0 Å². The van der Waals surface area contributed by atoms with E-state index >= 15 is 0 Å². The lowest BCUT2D eigenvalue weighted by molar-refractivity contribution is -0.384. The van der Waals surface area contributed by atoms with Crippen LogP contribution in [0, 0.1) is 21.7 Å². The summed E-state index contributed by atoms with van der Waals surface area (Å²) in [7, 11) is 1.47. The Hall–Kier alpha value is -1.76. The molecule has 0 bridgehead atoms. The number of likely N-dealkylation sites (N-methyl/N-ethyl adjacent to an activating group) is 1. The number of halogens is 2. The number of benzene rings is 1. The van der Waals surface area contributed by atoms with Gasteiger partial charge in [0, 0.05) is 25.8 Å². The average Bonchev–Trinajstić information content (AvgIpc) is 2.35. The third-order valence-corrected chi connectivity index (χ3v) is 2.81. The van der Waals surface area contributed by atoms with E-state index in [9.17, 15) is 18.9 Å². The summed E-state index contributed by atoms with van der Waals surface area (Å²) in [6, 6.07) is 1.41. The van der Waals surface area contributed by atoms with Gasteiger partial charge in [-0.05, 0) is 19.9 Å². The van der Waals surface area contributed by atoms with Gasteiger partial charge in [-0.3, -0.25) is 10.1 Å². The molecule has 1 aromatic rings. The summed E-state index contributed by atoms with van der Waals surface area (Å²) in [6.07, 6.45) is 0. The van der Waals surface area contributed by atoms with Crippen LogP contribution in [0.4, 0.5) is 20.2 Å². The fourth-order valence-electron chi connectivity index (χ4n) is 1.97. The van der Waals surface area contributed by atoms with E-state index in [0.717, 1.165) is 12.1 Å². The van der Waals surface area contributed by atoms with Crippen molar-refractivity contribution >= 4 is 11.4 Å². The molecule has 5 nitrogen and oxygen atoms in total. The lowest BCUT2D eigenvalue weighted by Gasteiger charge is -2.29. The van der Waals surface area contributed by atoms with Gasteiger partial charge in [-0.15, -0.1) is 0 Å². The Morgan fingerprint density at radius 2 is 2.11 bits per heavy atom. The van der Waals surface area contributed by atoms with Crippen molar-refractivity contribution in [1.29, 1.82) is 0 Å². The summed E-state index contributed by atoms with van der Waals surface area (Å²) in [4.78, 5) is 11.6. The summed E-state index contributed by atoms with van der Waals surface area (Å²) in [5.41, 5.74) is -0.791. The minimum Gasteiger partial charge on any atom is -0.383 e. The lowest BCUT2D eigenvalue weighted by Crippen LogP contribution is -2.37. The molecule has 0 aliphatic heterocycles. The van der Waals surface area contributed by atoms with E-state index in [1.54, 1.807) is 13.8 Å². The molecule has 106 valence electrons. The van der Waals surface area contributed by atoms with Gasteiger partial charge in [0.25, 0.3) is 5.69 Å². The number of ether oxygens (including phenoxy) is 1. The predicted octanol–water partition coefficient (Wildman–Crippen LogP) is 2.73. The molecule has 0 saturated carbocycles. The Morgan fingerprint density at radius 1 is 1.47 bits per heavy atom. The van der Waals surface area contributed by atoms with Crippen molar-refractivity contribution in [2.24, 2.45) is 0 Å². The molecule has 0 aliphatic rings. The normalized spacial score (nSPS) is 12.3. The van der Waals surface area contributed by atoms with Crippen LogP contribution < -0.4 is 4.90 Å². The van der Waals surface area contributed by atoms with E-state index in [1.165, 1.54) is 12.0 Å². The van der Waals surface area contributed by atoms with Crippen LogP contribution in [0.2, 0.25) is 0 Å². The molecule has 19 heavy (non-hydrogen) atoms. The Bertz CT molecular complexity index is 469. The first-order valence-electron chi connectivity index (χ1n) is 5.82. The van der Waals surface area contributed by atoms with Gasteiger partial charge in [-0.1, -0.05) is 0 Å². The molecular weight excluding hydrogens is 258 g/mol. The zero-order chi connectivity index (χ0) is 14.6. The number of hydrogen-bond donors (Lipinski definition) is 0. The molecule has 1 atom stereocenters. The number of nitro benzene ring substituents is 1. The van der Waals surface area contributed by atoms with E-state index in [2.05, 4.69) is 0 Å². The van der Waals surface area contributed by atoms with Gasteiger partial charge in [0.05, 0.1) is 11.5 Å². The number of nitro groups is 1. The number of hydrogen-bond acceptors (Lipinski definition) is 4. The molecule has 0 heterocycles. The number of methoxy groups -OCH3 is 1. The van der Waals surface area contributed by atoms with Crippen LogP contribution in [-0.4, -0.2) is 31.2 Å². The average molecular weight is 274 g/mol.